The van der Waals surface area contributed by atoms with Crippen molar-refractivity contribution in [2.24, 2.45) is 0 Å². The summed E-state index contributed by atoms with van der Waals surface area (Å²) in [6.45, 7) is 0.913. The van der Waals surface area contributed by atoms with Crippen LogP contribution in [-0.4, -0.2) is 43.0 Å². The van der Waals surface area contributed by atoms with Crippen LogP contribution in [0, 0.1) is 0 Å². The molecule has 0 bridgehead atoms. The van der Waals surface area contributed by atoms with E-state index in [1.54, 1.807) is 24.3 Å². The summed E-state index contributed by atoms with van der Waals surface area (Å²) in [5, 5.41) is 3.42. The number of hydrogen-bond donors (Lipinski definition) is 1. The van der Waals surface area contributed by atoms with Gasteiger partial charge in [-0.15, -0.1) is 0 Å². The van der Waals surface area contributed by atoms with Gasteiger partial charge in [-0.25, -0.2) is 0 Å². The van der Waals surface area contributed by atoms with Gasteiger partial charge in [0.15, 0.2) is 0 Å². The molecule has 0 spiro atoms. The van der Waals surface area contributed by atoms with Crippen molar-refractivity contribution in [3.63, 3.8) is 0 Å². The average Bonchev–Trinajstić information content (AvgIpc) is 2.49. The highest BCUT2D eigenvalue weighted by molar-refractivity contribution is 6.30. The highest BCUT2D eigenvalue weighted by Gasteiger charge is 2.30. The van der Waals surface area contributed by atoms with Crippen LogP contribution in [0.15, 0.2) is 24.3 Å². The number of amides is 1. The Balaban J connectivity index is 1.93. The molecule has 0 aromatic heterocycles. The van der Waals surface area contributed by atoms with Crippen LogP contribution in [0.25, 0.3) is 0 Å². The minimum Gasteiger partial charge on any atom is -0.468 e. The number of rotatable bonds is 4. The third-order valence-corrected chi connectivity index (χ3v) is 3.81. The molecule has 1 N–H and O–H groups in total. The van der Waals surface area contributed by atoms with Crippen molar-refractivity contribution in [1.29, 1.82) is 0 Å². The number of benzene rings is 1. The number of ether oxygens (including phenoxy) is 1. The smallest absolute Gasteiger partial charge is 0.323 e. The van der Waals surface area contributed by atoms with Gasteiger partial charge >= 0.3 is 5.97 Å². The Morgan fingerprint density at radius 2 is 2.05 bits per heavy atom. The van der Waals surface area contributed by atoms with Crippen molar-refractivity contribution >= 4 is 29.2 Å². The Morgan fingerprint density at radius 3 is 2.71 bits per heavy atom. The van der Waals surface area contributed by atoms with Crippen molar-refractivity contribution in [1.82, 2.24) is 4.90 Å². The van der Waals surface area contributed by atoms with Crippen molar-refractivity contribution < 1.29 is 14.3 Å². The van der Waals surface area contributed by atoms with Gasteiger partial charge in [0.05, 0.1) is 13.7 Å². The third kappa shape index (κ3) is 4.44. The summed E-state index contributed by atoms with van der Waals surface area (Å²) in [7, 11) is 1.38. The van der Waals surface area contributed by atoms with Crippen LogP contribution in [-0.2, 0) is 14.3 Å². The maximum atomic E-state index is 12.1. The van der Waals surface area contributed by atoms with E-state index in [0.29, 0.717) is 10.7 Å². The molecule has 2 rings (SSSR count). The monoisotopic (exact) mass is 310 g/mol. The first-order valence-corrected chi connectivity index (χ1v) is 7.35. The summed E-state index contributed by atoms with van der Waals surface area (Å²) in [5.74, 6) is -0.415. The first-order chi connectivity index (χ1) is 10.1. The number of likely N-dealkylation sites (tertiary alicyclic amines) is 1. The molecule has 5 nitrogen and oxygen atoms in total. The zero-order valence-electron chi connectivity index (χ0n) is 12.0. The van der Waals surface area contributed by atoms with E-state index in [4.69, 9.17) is 16.3 Å². The summed E-state index contributed by atoms with van der Waals surface area (Å²) >= 11 is 5.80. The van der Waals surface area contributed by atoms with Gasteiger partial charge in [-0.05, 0) is 43.7 Å². The largest absolute Gasteiger partial charge is 0.468 e. The molecule has 1 aromatic rings. The summed E-state index contributed by atoms with van der Waals surface area (Å²) in [6, 6.07) is 6.60. The number of halogens is 1. The molecule has 1 heterocycles. The second-order valence-corrected chi connectivity index (χ2v) is 5.50. The molecule has 1 aromatic carbocycles. The first kappa shape index (κ1) is 15.8. The predicted molar refractivity (Wildman–Crippen MR) is 81.3 cm³/mol. The molecule has 1 fully saturated rings. The van der Waals surface area contributed by atoms with Crippen LogP contribution >= 0.6 is 11.6 Å². The minimum absolute atomic E-state index is 0.145. The normalized spacial score (nSPS) is 19.0. The Kier molecular flexibility index (Phi) is 5.59. The summed E-state index contributed by atoms with van der Waals surface area (Å²) in [6.07, 6.45) is 2.71. The second kappa shape index (κ2) is 7.43. The average molecular weight is 311 g/mol. The van der Waals surface area contributed by atoms with Crippen LogP contribution in [0.5, 0.6) is 0 Å². The molecule has 0 saturated carbocycles. The van der Waals surface area contributed by atoms with Crippen LogP contribution < -0.4 is 5.32 Å². The Labute approximate surface area is 129 Å². The number of esters is 1. The van der Waals surface area contributed by atoms with Gasteiger partial charge in [-0.1, -0.05) is 18.0 Å². The third-order valence-electron chi connectivity index (χ3n) is 3.56. The van der Waals surface area contributed by atoms with Crippen molar-refractivity contribution in [2.75, 3.05) is 25.5 Å². The summed E-state index contributed by atoms with van der Waals surface area (Å²) in [5.41, 5.74) is 0.691. The molecule has 1 amide bonds. The second-order valence-electron chi connectivity index (χ2n) is 5.06. The van der Waals surface area contributed by atoms with E-state index in [9.17, 15) is 9.59 Å². The number of piperidine rings is 1. The molecule has 1 aliphatic heterocycles. The molecule has 0 radical (unpaired) electrons. The standard InChI is InChI=1S/C15H19ClN2O3/c1-21-15(20)13-4-2-3-9-18(13)10-14(19)17-12-7-5-11(16)6-8-12/h5-8,13H,2-4,9-10H2,1H3,(H,17,19). The lowest BCUT2D eigenvalue weighted by molar-refractivity contribution is -0.148. The van der Waals surface area contributed by atoms with Gasteiger partial charge in [0.1, 0.15) is 6.04 Å². The van der Waals surface area contributed by atoms with E-state index in [-0.39, 0.29) is 24.5 Å². The molecular weight excluding hydrogens is 292 g/mol. The number of carbonyl (C=O) groups is 2. The number of carbonyl (C=O) groups excluding carboxylic acids is 2. The van der Waals surface area contributed by atoms with Gasteiger partial charge < -0.3 is 10.1 Å². The van der Waals surface area contributed by atoms with E-state index in [1.807, 2.05) is 4.90 Å². The highest BCUT2D eigenvalue weighted by Crippen LogP contribution is 2.18. The number of anilines is 1. The maximum absolute atomic E-state index is 12.1. The van der Waals surface area contributed by atoms with Crippen molar-refractivity contribution in [2.45, 2.75) is 25.3 Å². The number of nitrogens with one attached hydrogen (secondary N) is 1. The summed E-state index contributed by atoms with van der Waals surface area (Å²) in [4.78, 5) is 25.7. The molecule has 6 heteroatoms. The van der Waals surface area contributed by atoms with E-state index in [1.165, 1.54) is 7.11 Å². The lowest BCUT2D eigenvalue weighted by Gasteiger charge is -2.32. The van der Waals surface area contributed by atoms with Crippen LogP contribution in [0.2, 0.25) is 5.02 Å². The fourth-order valence-electron chi connectivity index (χ4n) is 2.50. The summed E-state index contributed by atoms with van der Waals surface area (Å²) < 4.78 is 4.81. The highest BCUT2D eigenvalue weighted by atomic mass is 35.5. The molecule has 114 valence electrons. The molecule has 21 heavy (non-hydrogen) atoms. The van der Waals surface area contributed by atoms with E-state index in [0.717, 1.165) is 25.8 Å². The van der Waals surface area contributed by atoms with E-state index < -0.39 is 0 Å². The Hall–Kier alpha value is -1.59. The van der Waals surface area contributed by atoms with Gasteiger partial charge in [0.25, 0.3) is 0 Å². The van der Waals surface area contributed by atoms with E-state index >= 15 is 0 Å². The molecular formula is C15H19ClN2O3. The topological polar surface area (TPSA) is 58.6 Å². The molecule has 1 unspecified atom stereocenters. The van der Waals surface area contributed by atoms with Gasteiger partial charge in [0.2, 0.25) is 5.91 Å². The lowest BCUT2D eigenvalue weighted by Crippen LogP contribution is -2.48. The quantitative estimate of drug-likeness (QED) is 0.867. The van der Waals surface area contributed by atoms with Crippen LogP contribution in [0.1, 0.15) is 19.3 Å². The van der Waals surface area contributed by atoms with Crippen LogP contribution in [0.3, 0.4) is 0 Å². The number of hydrogen-bond acceptors (Lipinski definition) is 4. The van der Waals surface area contributed by atoms with Crippen molar-refractivity contribution in [3.8, 4) is 0 Å². The lowest BCUT2D eigenvalue weighted by atomic mass is 10.0. The minimum atomic E-state index is -0.320. The first-order valence-electron chi connectivity index (χ1n) is 6.97. The predicted octanol–water partition coefficient (Wildman–Crippen LogP) is 2.31. The maximum Gasteiger partial charge on any atom is 0.323 e. The zero-order valence-corrected chi connectivity index (χ0v) is 12.7. The Bertz CT molecular complexity index is 504. The zero-order chi connectivity index (χ0) is 15.2. The SMILES string of the molecule is COC(=O)C1CCCCN1CC(=O)Nc1ccc(Cl)cc1. The molecule has 1 atom stereocenters. The number of methoxy groups -OCH3 is 1. The van der Waals surface area contributed by atoms with Crippen LogP contribution in [0.4, 0.5) is 5.69 Å². The van der Waals surface area contributed by atoms with Crippen molar-refractivity contribution in [3.05, 3.63) is 29.3 Å². The molecule has 0 aliphatic carbocycles. The fraction of sp³-hybridized carbons (Fsp3) is 0.467. The van der Waals surface area contributed by atoms with Gasteiger partial charge in [-0.2, -0.15) is 0 Å². The molecule has 1 saturated heterocycles. The number of nitrogens with zero attached hydrogens (tertiary/aromatic N) is 1. The van der Waals surface area contributed by atoms with Gasteiger partial charge in [0, 0.05) is 10.7 Å². The Morgan fingerprint density at radius 1 is 1.33 bits per heavy atom. The molecule has 1 aliphatic rings. The fourth-order valence-corrected chi connectivity index (χ4v) is 2.63. The van der Waals surface area contributed by atoms with E-state index in [2.05, 4.69) is 5.32 Å². The van der Waals surface area contributed by atoms with Gasteiger partial charge in [-0.3, -0.25) is 14.5 Å².